The van der Waals surface area contributed by atoms with Gasteiger partial charge in [-0.3, -0.25) is 0 Å². The zero-order chi connectivity index (χ0) is 27.5. The Morgan fingerprint density at radius 3 is 1.31 bits per heavy atom. The smallest absolute Gasteiger partial charge is 0.187 e. The Morgan fingerprint density at radius 2 is 0.943 bits per heavy atom. The molecule has 0 unspecified atom stereocenters. The summed E-state index contributed by atoms with van der Waals surface area (Å²) in [6.07, 6.45) is -21.5. The summed E-state index contributed by atoms with van der Waals surface area (Å²) in [4.78, 5) is 0. The first-order valence-corrected chi connectivity index (χ1v) is 10.5. The van der Waals surface area contributed by atoms with Crippen molar-refractivity contribution in [3.05, 3.63) is 0 Å². The van der Waals surface area contributed by atoms with Gasteiger partial charge in [0.15, 0.2) is 6.29 Å². The summed E-state index contributed by atoms with van der Waals surface area (Å²) in [7, 11) is 0. The molecule has 0 saturated carbocycles. The quantitative estimate of drug-likeness (QED) is 0.106. The van der Waals surface area contributed by atoms with Gasteiger partial charge in [0.25, 0.3) is 0 Å². The van der Waals surface area contributed by atoms with Crippen LogP contribution in [0, 0.1) is 0 Å². The van der Waals surface area contributed by atoms with Gasteiger partial charge in [-0.2, -0.15) is 0 Å². The van der Waals surface area contributed by atoms with Crippen molar-refractivity contribution in [2.45, 2.75) is 79.5 Å². The van der Waals surface area contributed by atoms with Crippen molar-refractivity contribution in [2.24, 2.45) is 0 Å². The molecule has 17 nitrogen and oxygen atoms in total. The predicted molar refractivity (Wildman–Crippen MR) is 109 cm³/mol. The Balaban J connectivity index is 0.000000814. The van der Waals surface area contributed by atoms with Gasteiger partial charge in [-0.1, -0.05) is 0 Å². The third-order valence-electron chi connectivity index (χ3n) is 5.14. The fraction of sp³-hybridized carbons (Fsp3) is 1.00. The fourth-order valence-electron chi connectivity index (χ4n) is 2.84. The molecule has 1 rings (SSSR count). The van der Waals surface area contributed by atoms with Gasteiger partial charge in [-0.25, -0.2) is 0 Å². The highest BCUT2D eigenvalue weighted by molar-refractivity contribution is 4.91. The minimum atomic E-state index is -1.85. The van der Waals surface area contributed by atoms with E-state index in [9.17, 15) is 30.6 Å². The predicted octanol–water partition coefficient (Wildman–Crippen LogP) is -9.35. The monoisotopic (exact) mass is 526 g/mol. The molecule has 212 valence electrons. The molecule has 0 aromatic heterocycles. The van der Waals surface area contributed by atoms with Crippen LogP contribution in [-0.4, -0.2) is 189 Å². The first-order valence-electron chi connectivity index (χ1n) is 10.5. The van der Waals surface area contributed by atoms with Crippen molar-refractivity contribution in [3.63, 3.8) is 0 Å². The Bertz CT molecular complexity index is 527. The molecule has 0 radical (unpaired) electrons. The maximum Gasteiger partial charge on any atom is 0.187 e. The average molecular weight is 526 g/mol. The number of aliphatic hydroxyl groups excluding tert-OH is 15. The third-order valence-corrected chi connectivity index (χ3v) is 5.14. The summed E-state index contributed by atoms with van der Waals surface area (Å²) in [6.45, 7) is -3.91. The maximum atomic E-state index is 9.83. The van der Waals surface area contributed by atoms with Crippen LogP contribution < -0.4 is 0 Å². The first-order chi connectivity index (χ1) is 16.3. The fourth-order valence-corrected chi connectivity index (χ4v) is 2.84. The van der Waals surface area contributed by atoms with E-state index < -0.39 is 113 Å². The second-order valence-electron chi connectivity index (χ2n) is 7.77. The van der Waals surface area contributed by atoms with Gasteiger partial charge >= 0.3 is 0 Å². The highest BCUT2D eigenvalue weighted by atomic mass is 16.7. The second kappa shape index (κ2) is 16.9. The topological polar surface area (TPSA) is 322 Å². The molecule has 1 fully saturated rings. The van der Waals surface area contributed by atoms with Crippen molar-refractivity contribution >= 4 is 0 Å². The summed E-state index contributed by atoms with van der Waals surface area (Å²) in [5.41, 5.74) is 0. The van der Waals surface area contributed by atoms with Crippen LogP contribution in [0.1, 0.15) is 0 Å². The van der Waals surface area contributed by atoms with E-state index in [-0.39, 0.29) is 0 Å². The van der Waals surface area contributed by atoms with Gasteiger partial charge in [-0.15, -0.1) is 0 Å². The van der Waals surface area contributed by atoms with Crippen LogP contribution in [0.15, 0.2) is 0 Å². The molecular formula is C18H38O17. The molecule has 35 heavy (non-hydrogen) atoms. The summed E-state index contributed by atoms with van der Waals surface area (Å²) in [5.74, 6) is 0. The molecule has 0 aromatic rings. The zero-order valence-corrected chi connectivity index (χ0v) is 18.6. The van der Waals surface area contributed by atoms with E-state index in [1.54, 1.807) is 0 Å². The molecular weight excluding hydrogens is 488 g/mol. The molecule has 1 heterocycles. The molecule has 1 saturated heterocycles. The van der Waals surface area contributed by atoms with Crippen LogP contribution >= 0.6 is 0 Å². The first kappa shape index (κ1) is 34.3. The van der Waals surface area contributed by atoms with E-state index >= 15 is 0 Å². The lowest BCUT2D eigenvalue weighted by atomic mass is 9.98. The largest absolute Gasteiger partial charge is 0.394 e. The SMILES string of the molecule is OC[C@@H](O)[C@@H](O)[C@H](O)[C@@H](O)CO.OC[C@@H](O)[C@@H](O[C@H]1O[C@H](CO)[C@@H](O)[C@H](O)[C@H]1O)[C@H](O)[C@@H](O)CO. The van der Waals surface area contributed by atoms with Crippen molar-refractivity contribution < 1.29 is 86.1 Å². The minimum absolute atomic E-state index is 0.708. The summed E-state index contributed by atoms with van der Waals surface area (Å²) < 4.78 is 10.1. The molecule has 13 atom stereocenters. The van der Waals surface area contributed by atoms with E-state index in [1.807, 2.05) is 0 Å². The van der Waals surface area contributed by atoms with E-state index in [0.29, 0.717) is 0 Å². The average Bonchev–Trinajstić information content (AvgIpc) is 2.88. The van der Waals surface area contributed by atoms with Gasteiger partial charge in [0.2, 0.25) is 0 Å². The molecule has 0 aromatic carbocycles. The second-order valence-corrected chi connectivity index (χ2v) is 7.77. The van der Waals surface area contributed by atoms with Gasteiger partial charge < -0.3 is 86.1 Å². The van der Waals surface area contributed by atoms with E-state index in [0.717, 1.165) is 0 Å². The summed E-state index contributed by atoms with van der Waals surface area (Å²) in [6, 6.07) is 0. The highest BCUT2D eigenvalue weighted by Gasteiger charge is 2.46. The summed E-state index contributed by atoms with van der Waals surface area (Å²) in [5, 5.41) is 137. The van der Waals surface area contributed by atoms with Crippen molar-refractivity contribution in [1.29, 1.82) is 0 Å². The lowest BCUT2D eigenvalue weighted by molar-refractivity contribution is -0.327. The lowest BCUT2D eigenvalue weighted by Crippen LogP contribution is -2.61. The van der Waals surface area contributed by atoms with E-state index in [1.165, 1.54) is 0 Å². The molecule has 0 amide bonds. The molecule has 0 bridgehead atoms. The maximum absolute atomic E-state index is 9.83. The molecule has 1 aliphatic rings. The number of hydrogen-bond acceptors (Lipinski definition) is 17. The summed E-state index contributed by atoms with van der Waals surface area (Å²) >= 11 is 0. The molecule has 17 heteroatoms. The minimum Gasteiger partial charge on any atom is -0.394 e. The van der Waals surface area contributed by atoms with Crippen molar-refractivity contribution in [3.8, 4) is 0 Å². The normalized spacial score (nSPS) is 31.8. The Kier molecular flexibility index (Phi) is 16.6. The molecule has 1 aliphatic heterocycles. The van der Waals surface area contributed by atoms with E-state index in [2.05, 4.69) is 0 Å². The zero-order valence-electron chi connectivity index (χ0n) is 18.6. The number of aliphatic hydroxyl groups is 15. The van der Waals surface area contributed by atoms with Gasteiger partial charge in [0.1, 0.15) is 73.2 Å². The van der Waals surface area contributed by atoms with Crippen LogP contribution in [0.4, 0.5) is 0 Å². The molecule has 0 spiro atoms. The number of rotatable bonds is 13. The van der Waals surface area contributed by atoms with Crippen molar-refractivity contribution in [2.75, 3.05) is 33.0 Å². The number of hydrogen-bond donors (Lipinski definition) is 15. The Morgan fingerprint density at radius 1 is 0.543 bits per heavy atom. The Labute approximate surface area is 199 Å². The number of ether oxygens (including phenoxy) is 2. The van der Waals surface area contributed by atoms with Crippen LogP contribution in [-0.2, 0) is 9.47 Å². The standard InChI is InChI=1S/C12H24O11.C6H14O6/c13-1-4(16)7(18)11(5(17)2-14)23-12-10(21)9(20)8(19)6(3-15)22-12;7-1-3(9)5(11)6(12)4(10)2-8/h4-21H,1-3H2;3-12H,1-2H2/t4-,5+,6+,7+,8+,9-,10+,11+,12+;3-,4+,5-,6-/m01/s1. The van der Waals surface area contributed by atoms with Crippen molar-refractivity contribution in [1.82, 2.24) is 0 Å². The van der Waals surface area contributed by atoms with Gasteiger partial charge in [0.05, 0.1) is 33.0 Å². The molecule has 0 aliphatic carbocycles. The van der Waals surface area contributed by atoms with Gasteiger partial charge in [0, 0.05) is 0 Å². The molecule has 15 N–H and O–H groups in total. The van der Waals surface area contributed by atoms with Crippen LogP contribution in [0.5, 0.6) is 0 Å². The van der Waals surface area contributed by atoms with Crippen LogP contribution in [0.2, 0.25) is 0 Å². The van der Waals surface area contributed by atoms with Gasteiger partial charge in [-0.05, 0) is 0 Å². The Hall–Kier alpha value is -0.680. The van der Waals surface area contributed by atoms with Crippen LogP contribution in [0.3, 0.4) is 0 Å². The van der Waals surface area contributed by atoms with E-state index in [4.69, 9.17) is 55.4 Å². The highest BCUT2D eigenvalue weighted by Crippen LogP contribution is 2.24. The third kappa shape index (κ3) is 9.95. The lowest BCUT2D eigenvalue weighted by Gasteiger charge is -2.42. The van der Waals surface area contributed by atoms with Crippen LogP contribution in [0.25, 0.3) is 0 Å².